The zero-order valence-electron chi connectivity index (χ0n) is 7.03. The molecular formula is C10H13OS+. The van der Waals surface area contributed by atoms with Crippen LogP contribution < -0.4 is 0 Å². The number of hydrogen-bond acceptors (Lipinski definition) is 1. The summed E-state index contributed by atoms with van der Waals surface area (Å²) in [6.45, 7) is 0. The molecule has 0 aliphatic carbocycles. The summed E-state index contributed by atoms with van der Waals surface area (Å²) in [7, 11) is -1.63. The number of hydrogen-bond donors (Lipinski definition) is 0. The van der Waals surface area contributed by atoms with Crippen LogP contribution in [0.2, 0.25) is 0 Å². The van der Waals surface area contributed by atoms with Crippen molar-refractivity contribution < 1.29 is 4.21 Å². The van der Waals surface area contributed by atoms with E-state index >= 15 is 0 Å². The van der Waals surface area contributed by atoms with Crippen LogP contribution in [-0.4, -0.2) is 11.5 Å². The van der Waals surface area contributed by atoms with Gasteiger partial charge >= 0.3 is 0 Å². The van der Waals surface area contributed by atoms with E-state index in [-0.39, 0.29) is 0 Å². The van der Waals surface area contributed by atoms with Crippen LogP contribution in [0.5, 0.6) is 0 Å². The van der Waals surface area contributed by atoms with Crippen LogP contribution in [0.4, 0.5) is 0 Å². The van der Waals surface area contributed by atoms with Crippen LogP contribution in [0.25, 0.3) is 0 Å². The van der Waals surface area contributed by atoms with E-state index in [1.807, 2.05) is 30.3 Å². The Bertz CT molecular complexity index is 295. The van der Waals surface area contributed by atoms with Crippen molar-refractivity contribution in [3.8, 4) is 0 Å². The Kier molecular flexibility index (Phi) is 2.01. The Morgan fingerprint density at radius 1 is 1.00 bits per heavy atom. The van der Waals surface area contributed by atoms with E-state index in [4.69, 9.17) is 0 Å². The summed E-state index contributed by atoms with van der Waals surface area (Å²) in [6, 6.07) is 9.91. The summed E-state index contributed by atoms with van der Waals surface area (Å²) in [6.07, 6.45) is 2.27. The molecule has 1 aliphatic rings. The predicted octanol–water partition coefficient (Wildman–Crippen LogP) is 2.34. The van der Waals surface area contributed by atoms with Crippen LogP contribution in [-0.2, 0) is 14.1 Å². The molecule has 0 N–H and O–H groups in total. The normalized spacial score (nSPS) is 21.0. The average Bonchev–Trinajstić information content (AvgIpc) is 2.55. The molecule has 0 bridgehead atoms. The molecule has 0 aromatic heterocycles. The van der Waals surface area contributed by atoms with Gasteiger partial charge < -0.3 is 0 Å². The molecule has 0 spiro atoms. The first-order valence-corrected chi connectivity index (χ1v) is 6.26. The second-order valence-corrected chi connectivity index (χ2v) is 6.15. The first-order chi connectivity index (χ1) is 5.81. The molecule has 0 saturated carbocycles. The summed E-state index contributed by atoms with van der Waals surface area (Å²) >= 11 is 0. The lowest BCUT2D eigenvalue weighted by atomic mass is 10.4. The Hall–Kier alpha value is -0.630. The van der Waals surface area contributed by atoms with Crippen molar-refractivity contribution in [3.05, 3.63) is 30.3 Å². The van der Waals surface area contributed by atoms with Crippen molar-refractivity contribution in [2.75, 3.05) is 11.5 Å². The largest absolute Gasteiger partial charge is 0.158 e. The molecule has 1 fully saturated rings. The molecule has 2 heteroatoms. The molecule has 1 aromatic carbocycles. The van der Waals surface area contributed by atoms with E-state index in [9.17, 15) is 4.21 Å². The SMILES string of the molecule is O=[S+]1(c2ccccc2)CCCC1. The van der Waals surface area contributed by atoms with Crippen LogP contribution in [0.3, 0.4) is 0 Å². The van der Waals surface area contributed by atoms with Crippen LogP contribution in [0.1, 0.15) is 12.8 Å². The van der Waals surface area contributed by atoms with E-state index in [0.29, 0.717) is 0 Å². The molecule has 12 heavy (non-hydrogen) atoms. The summed E-state index contributed by atoms with van der Waals surface area (Å²) in [4.78, 5) is 1.06. The third-order valence-corrected chi connectivity index (χ3v) is 5.40. The van der Waals surface area contributed by atoms with Crippen LogP contribution in [0.15, 0.2) is 35.2 Å². The first kappa shape index (κ1) is 7.99. The van der Waals surface area contributed by atoms with Gasteiger partial charge in [0.25, 0.3) is 0 Å². The highest BCUT2D eigenvalue weighted by Crippen LogP contribution is 2.27. The quantitative estimate of drug-likeness (QED) is 0.608. The maximum atomic E-state index is 12.2. The molecule has 1 saturated heterocycles. The number of benzene rings is 1. The van der Waals surface area contributed by atoms with Gasteiger partial charge in [-0.2, -0.15) is 0 Å². The molecule has 0 amide bonds. The standard InChI is InChI=1S/C10H13OS/c11-12(8-4-5-9-12)10-6-2-1-3-7-10/h1-3,6-7H,4-5,8-9H2/q+1. The molecule has 0 radical (unpaired) electrons. The van der Waals surface area contributed by atoms with Gasteiger partial charge in [-0.15, -0.1) is 0 Å². The van der Waals surface area contributed by atoms with Gasteiger partial charge in [0.15, 0.2) is 4.90 Å². The second-order valence-electron chi connectivity index (χ2n) is 3.24. The summed E-state index contributed by atoms with van der Waals surface area (Å²) in [5, 5.41) is 0. The molecule has 1 heterocycles. The minimum absolute atomic E-state index is 0.900. The molecule has 1 nitrogen and oxygen atoms in total. The van der Waals surface area contributed by atoms with Crippen molar-refractivity contribution in [3.63, 3.8) is 0 Å². The Labute approximate surface area is 74.2 Å². The fourth-order valence-corrected chi connectivity index (χ4v) is 4.35. The maximum Gasteiger partial charge on any atom is 0.158 e. The van der Waals surface area contributed by atoms with Gasteiger partial charge in [-0.3, -0.25) is 0 Å². The van der Waals surface area contributed by atoms with Crippen LogP contribution in [0, 0.1) is 0 Å². The Morgan fingerprint density at radius 2 is 1.58 bits per heavy atom. The smallest absolute Gasteiger partial charge is 0.0997 e. The second kappa shape index (κ2) is 3.02. The van der Waals surface area contributed by atoms with E-state index in [2.05, 4.69) is 0 Å². The van der Waals surface area contributed by atoms with Gasteiger partial charge in [0.2, 0.25) is 0 Å². The monoisotopic (exact) mass is 181 g/mol. The lowest BCUT2D eigenvalue weighted by Gasteiger charge is -2.02. The van der Waals surface area contributed by atoms with Crippen molar-refractivity contribution in [2.24, 2.45) is 0 Å². The van der Waals surface area contributed by atoms with Gasteiger partial charge in [-0.05, 0) is 25.0 Å². The molecular weight excluding hydrogens is 168 g/mol. The zero-order chi connectivity index (χ0) is 8.44. The zero-order valence-corrected chi connectivity index (χ0v) is 7.85. The van der Waals surface area contributed by atoms with E-state index in [1.54, 1.807) is 0 Å². The average molecular weight is 181 g/mol. The van der Waals surface area contributed by atoms with Crippen LogP contribution >= 0.6 is 0 Å². The summed E-state index contributed by atoms with van der Waals surface area (Å²) < 4.78 is 12.2. The highest BCUT2D eigenvalue weighted by molar-refractivity contribution is 8.03. The molecule has 1 aliphatic heterocycles. The molecule has 0 unspecified atom stereocenters. The van der Waals surface area contributed by atoms with Gasteiger partial charge in [-0.25, -0.2) is 0 Å². The van der Waals surface area contributed by atoms with Gasteiger partial charge in [0, 0.05) is 0 Å². The molecule has 0 atom stereocenters. The lowest BCUT2D eigenvalue weighted by Crippen LogP contribution is -2.12. The first-order valence-electron chi connectivity index (χ1n) is 4.36. The molecule has 2 rings (SSSR count). The van der Waals surface area contributed by atoms with Crippen molar-refractivity contribution in [1.29, 1.82) is 0 Å². The third-order valence-electron chi connectivity index (χ3n) is 2.37. The van der Waals surface area contributed by atoms with Gasteiger partial charge in [-0.1, -0.05) is 22.4 Å². The minimum Gasteiger partial charge on any atom is -0.0997 e. The molecule has 64 valence electrons. The minimum atomic E-state index is -1.63. The van der Waals surface area contributed by atoms with Gasteiger partial charge in [0.1, 0.15) is 21.4 Å². The van der Waals surface area contributed by atoms with Crippen molar-refractivity contribution in [1.82, 2.24) is 0 Å². The Balaban J connectivity index is 2.36. The maximum absolute atomic E-state index is 12.2. The summed E-state index contributed by atoms with van der Waals surface area (Å²) in [5.41, 5.74) is 0. The van der Waals surface area contributed by atoms with Crippen molar-refractivity contribution >= 4 is 9.93 Å². The number of rotatable bonds is 1. The topological polar surface area (TPSA) is 17.1 Å². The van der Waals surface area contributed by atoms with E-state index < -0.39 is 9.93 Å². The highest BCUT2D eigenvalue weighted by atomic mass is 32.2. The Morgan fingerprint density at radius 3 is 2.17 bits per heavy atom. The van der Waals surface area contributed by atoms with E-state index in [0.717, 1.165) is 29.2 Å². The fourth-order valence-electron chi connectivity index (χ4n) is 1.68. The van der Waals surface area contributed by atoms with Gasteiger partial charge in [0.05, 0.1) is 0 Å². The van der Waals surface area contributed by atoms with Crippen molar-refractivity contribution in [2.45, 2.75) is 17.7 Å². The highest BCUT2D eigenvalue weighted by Gasteiger charge is 2.34. The third kappa shape index (κ3) is 1.31. The fraction of sp³-hybridized carbons (Fsp3) is 0.400. The lowest BCUT2D eigenvalue weighted by molar-refractivity contribution is 0.587. The molecule has 1 aromatic rings. The van der Waals surface area contributed by atoms with E-state index in [1.165, 1.54) is 0 Å². The predicted molar refractivity (Wildman–Crippen MR) is 51.7 cm³/mol. The summed E-state index contributed by atoms with van der Waals surface area (Å²) in [5.74, 6) is 1.80.